The Kier molecular flexibility index (Phi) is 4.52. The SMILES string of the molecule is CC(C)c1nn(C)cc1CNCc1ccc(-n2cccn2)nc1. The number of hydrogen-bond donors (Lipinski definition) is 1. The Balaban J connectivity index is 1.59. The van der Waals surface area contributed by atoms with Crippen LogP contribution >= 0.6 is 0 Å². The molecule has 3 heterocycles. The van der Waals surface area contributed by atoms with E-state index in [9.17, 15) is 0 Å². The molecule has 3 aromatic heterocycles. The highest BCUT2D eigenvalue weighted by molar-refractivity contribution is 5.25. The van der Waals surface area contributed by atoms with E-state index in [-0.39, 0.29) is 0 Å². The van der Waals surface area contributed by atoms with Crippen molar-refractivity contribution >= 4 is 0 Å². The molecule has 0 saturated heterocycles. The lowest BCUT2D eigenvalue weighted by Gasteiger charge is -2.07. The average Bonchev–Trinajstić information content (AvgIpc) is 3.18. The number of rotatable bonds is 6. The molecular formula is C17H22N6. The zero-order chi connectivity index (χ0) is 16.2. The third kappa shape index (κ3) is 3.65. The van der Waals surface area contributed by atoms with Crippen molar-refractivity contribution in [3.8, 4) is 5.82 Å². The number of hydrogen-bond acceptors (Lipinski definition) is 4. The fourth-order valence-corrected chi connectivity index (χ4v) is 2.58. The Bertz CT molecular complexity index is 740. The van der Waals surface area contributed by atoms with E-state index >= 15 is 0 Å². The number of nitrogens with one attached hydrogen (secondary N) is 1. The summed E-state index contributed by atoms with van der Waals surface area (Å²) in [5.74, 6) is 1.26. The van der Waals surface area contributed by atoms with E-state index < -0.39 is 0 Å². The quantitative estimate of drug-likeness (QED) is 0.759. The van der Waals surface area contributed by atoms with Gasteiger partial charge in [-0.25, -0.2) is 9.67 Å². The van der Waals surface area contributed by atoms with Crippen molar-refractivity contribution in [3.63, 3.8) is 0 Å². The highest BCUT2D eigenvalue weighted by Gasteiger charge is 2.10. The summed E-state index contributed by atoms with van der Waals surface area (Å²) in [4.78, 5) is 4.44. The van der Waals surface area contributed by atoms with Crippen LogP contribution in [0.4, 0.5) is 0 Å². The van der Waals surface area contributed by atoms with Crippen molar-refractivity contribution in [1.82, 2.24) is 29.9 Å². The van der Waals surface area contributed by atoms with E-state index in [4.69, 9.17) is 0 Å². The summed E-state index contributed by atoms with van der Waals surface area (Å²) in [6, 6.07) is 5.94. The van der Waals surface area contributed by atoms with Crippen molar-refractivity contribution in [3.05, 3.63) is 59.8 Å². The van der Waals surface area contributed by atoms with Gasteiger partial charge in [-0.1, -0.05) is 19.9 Å². The molecule has 23 heavy (non-hydrogen) atoms. The van der Waals surface area contributed by atoms with Crippen LogP contribution in [0.5, 0.6) is 0 Å². The van der Waals surface area contributed by atoms with Crippen molar-refractivity contribution < 1.29 is 0 Å². The third-order valence-corrected chi connectivity index (χ3v) is 3.68. The minimum absolute atomic E-state index is 0.433. The Hall–Kier alpha value is -2.47. The van der Waals surface area contributed by atoms with Gasteiger partial charge in [-0.2, -0.15) is 10.2 Å². The van der Waals surface area contributed by atoms with Gasteiger partial charge in [0.2, 0.25) is 0 Å². The number of aryl methyl sites for hydroxylation is 1. The molecule has 0 radical (unpaired) electrons. The summed E-state index contributed by atoms with van der Waals surface area (Å²) in [7, 11) is 1.97. The van der Waals surface area contributed by atoms with Crippen LogP contribution in [0.3, 0.4) is 0 Å². The lowest BCUT2D eigenvalue weighted by atomic mass is 10.1. The van der Waals surface area contributed by atoms with Gasteiger partial charge < -0.3 is 5.32 Å². The molecule has 0 aliphatic carbocycles. The summed E-state index contributed by atoms with van der Waals surface area (Å²) in [6.07, 6.45) is 7.60. The van der Waals surface area contributed by atoms with E-state index in [1.807, 2.05) is 36.3 Å². The maximum absolute atomic E-state index is 4.53. The molecule has 6 nitrogen and oxygen atoms in total. The predicted molar refractivity (Wildman–Crippen MR) is 89.2 cm³/mol. The molecule has 0 unspecified atom stereocenters. The summed E-state index contributed by atoms with van der Waals surface area (Å²) in [6.45, 7) is 5.93. The zero-order valence-electron chi connectivity index (χ0n) is 13.8. The van der Waals surface area contributed by atoms with Gasteiger partial charge in [-0.15, -0.1) is 0 Å². The van der Waals surface area contributed by atoms with Gasteiger partial charge in [0.25, 0.3) is 0 Å². The molecule has 3 rings (SSSR count). The average molecular weight is 310 g/mol. The van der Waals surface area contributed by atoms with Gasteiger partial charge >= 0.3 is 0 Å². The third-order valence-electron chi connectivity index (χ3n) is 3.68. The van der Waals surface area contributed by atoms with Gasteiger partial charge in [0.15, 0.2) is 5.82 Å². The molecule has 0 aliphatic rings. The van der Waals surface area contributed by atoms with E-state index in [0.29, 0.717) is 5.92 Å². The first kappa shape index (κ1) is 15.4. The molecule has 0 aromatic carbocycles. The fraction of sp³-hybridized carbons (Fsp3) is 0.353. The van der Waals surface area contributed by atoms with Crippen molar-refractivity contribution in [1.29, 1.82) is 0 Å². The van der Waals surface area contributed by atoms with Crippen LogP contribution in [0.1, 0.15) is 36.6 Å². The predicted octanol–water partition coefficient (Wildman–Crippen LogP) is 2.41. The zero-order valence-corrected chi connectivity index (χ0v) is 13.8. The summed E-state index contributed by atoms with van der Waals surface area (Å²) < 4.78 is 3.63. The van der Waals surface area contributed by atoms with Crippen LogP contribution in [0.15, 0.2) is 43.0 Å². The molecule has 120 valence electrons. The molecular weight excluding hydrogens is 288 g/mol. The van der Waals surface area contributed by atoms with E-state index in [1.54, 1.807) is 10.9 Å². The highest BCUT2D eigenvalue weighted by Crippen LogP contribution is 2.17. The maximum atomic E-state index is 4.53. The first-order valence-electron chi connectivity index (χ1n) is 7.81. The molecule has 1 N–H and O–H groups in total. The Morgan fingerprint density at radius 1 is 1.22 bits per heavy atom. The number of aromatic nitrogens is 5. The highest BCUT2D eigenvalue weighted by atomic mass is 15.3. The lowest BCUT2D eigenvalue weighted by Crippen LogP contribution is -2.14. The van der Waals surface area contributed by atoms with Crippen LogP contribution in [0, 0.1) is 0 Å². The summed E-state index contributed by atoms with van der Waals surface area (Å²) in [5, 5.41) is 12.2. The van der Waals surface area contributed by atoms with E-state index in [0.717, 1.165) is 30.2 Å². The van der Waals surface area contributed by atoms with Gasteiger partial charge in [-0.3, -0.25) is 4.68 Å². The largest absolute Gasteiger partial charge is 0.308 e. The Labute approximate surface area is 136 Å². The van der Waals surface area contributed by atoms with E-state index in [2.05, 4.69) is 46.6 Å². The van der Waals surface area contributed by atoms with Crippen molar-refractivity contribution in [2.45, 2.75) is 32.9 Å². The molecule has 0 aliphatic heterocycles. The number of pyridine rings is 1. The Morgan fingerprint density at radius 3 is 2.74 bits per heavy atom. The monoisotopic (exact) mass is 310 g/mol. The van der Waals surface area contributed by atoms with Gasteiger partial charge in [0, 0.05) is 50.5 Å². The lowest BCUT2D eigenvalue weighted by molar-refractivity contribution is 0.675. The van der Waals surface area contributed by atoms with Crippen LogP contribution in [-0.2, 0) is 20.1 Å². The van der Waals surface area contributed by atoms with Crippen LogP contribution in [0.25, 0.3) is 5.82 Å². The normalized spacial score (nSPS) is 11.3. The first-order chi connectivity index (χ1) is 11.1. The molecule has 0 saturated carbocycles. The second-order valence-corrected chi connectivity index (χ2v) is 5.95. The second kappa shape index (κ2) is 6.75. The summed E-state index contributed by atoms with van der Waals surface area (Å²) in [5.41, 5.74) is 3.56. The van der Waals surface area contributed by atoms with Gasteiger partial charge in [-0.05, 0) is 23.6 Å². The topological polar surface area (TPSA) is 60.6 Å². The van der Waals surface area contributed by atoms with Crippen LogP contribution in [-0.4, -0.2) is 24.5 Å². The molecule has 6 heteroatoms. The minimum atomic E-state index is 0.433. The number of nitrogens with zero attached hydrogens (tertiary/aromatic N) is 5. The van der Waals surface area contributed by atoms with Crippen LogP contribution < -0.4 is 5.32 Å². The van der Waals surface area contributed by atoms with Crippen LogP contribution in [0.2, 0.25) is 0 Å². The molecule has 0 bridgehead atoms. The molecule has 0 spiro atoms. The van der Waals surface area contributed by atoms with Crippen molar-refractivity contribution in [2.24, 2.45) is 7.05 Å². The van der Waals surface area contributed by atoms with Gasteiger partial charge in [0.05, 0.1) is 5.69 Å². The molecule has 3 aromatic rings. The summed E-state index contributed by atoms with van der Waals surface area (Å²) >= 11 is 0. The standard InChI is InChI=1S/C17H22N6/c1-13(2)17-15(12-22(3)21-17)11-18-9-14-5-6-16(19-10-14)23-8-4-7-20-23/h4-8,10,12-13,18H,9,11H2,1-3H3. The van der Waals surface area contributed by atoms with E-state index in [1.165, 1.54) is 5.56 Å². The molecule has 0 fully saturated rings. The Morgan fingerprint density at radius 2 is 2.09 bits per heavy atom. The fourth-order valence-electron chi connectivity index (χ4n) is 2.58. The minimum Gasteiger partial charge on any atom is -0.308 e. The smallest absolute Gasteiger partial charge is 0.153 e. The first-order valence-corrected chi connectivity index (χ1v) is 7.81. The second-order valence-electron chi connectivity index (χ2n) is 5.95. The van der Waals surface area contributed by atoms with Gasteiger partial charge in [0.1, 0.15) is 0 Å². The maximum Gasteiger partial charge on any atom is 0.153 e. The van der Waals surface area contributed by atoms with Crippen molar-refractivity contribution in [2.75, 3.05) is 0 Å². The molecule has 0 atom stereocenters. The molecule has 0 amide bonds.